The molecule has 0 spiro atoms. The molecule has 0 N–H and O–H groups in total. The highest BCUT2D eigenvalue weighted by Gasteiger charge is 2.34. The van der Waals surface area contributed by atoms with Crippen LogP contribution in [-0.2, 0) is 4.79 Å². The summed E-state index contributed by atoms with van der Waals surface area (Å²) in [6.45, 7) is 1.53. The number of carbonyl (C=O) groups is 1. The number of carbonyl (C=O) groups excluding carboxylic acids is 1. The van der Waals surface area contributed by atoms with Crippen molar-refractivity contribution in [2.45, 2.75) is 18.3 Å². The zero-order valence-electron chi connectivity index (χ0n) is 13.5. The predicted molar refractivity (Wildman–Crippen MR) is 97.9 cm³/mol. The first-order chi connectivity index (χ1) is 12.2. The Balaban J connectivity index is 1.98. The molecule has 0 unspecified atom stereocenters. The second-order valence-corrected chi connectivity index (χ2v) is 6.94. The molecule has 1 atom stereocenters. The Morgan fingerprint density at radius 2 is 2.12 bits per heavy atom. The molecule has 3 aromatic rings. The van der Waals surface area contributed by atoms with Crippen LogP contribution >= 0.6 is 23.1 Å². The maximum absolute atomic E-state index is 12.5. The van der Waals surface area contributed by atoms with Crippen molar-refractivity contribution in [2.75, 3.05) is 11.2 Å². The van der Waals surface area contributed by atoms with Gasteiger partial charge >= 0.3 is 0 Å². The van der Waals surface area contributed by atoms with E-state index >= 15 is 0 Å². The van der Waals surface area contributed by atoms with Crippen molar-refractivity contribution in [3.63, 3.8) is 0 Å². The molecule has 3 heterocycles. The Bertz CT molecular complexity index is 930. The second kappa shape index (κ2) is 6.45. The van der Waals surface area contributed by atoms with Crippen LogP contribution in [0.3, 0.4) is 0 Å². The minimum absolute atomic E-state index is 0.116. The van der Waals surface area contributed by atoms with E-state index in [0.29, 0.717) is 16.7 Å². The molecule has 1 aliphatic heterocycles. The number of ether oxygens (including phenoxy) is 1. The Morgan fingerprint density at radius 3 is 2.84 bits per heavy atom. The monoisotopic (exact) mass is 370 g/mol. The molecule has 6 nitrogen and oxygen atoms in total. The van der Waals surface area contributed by atoms with Crippen LogP contribution in [0.25, 0.3) is 11.3 Å². The third kappa shape index (κ3) is 2.77. The number of para-hydroxylation sites is 1. The van der Waals surface area contributed by atoms with Crippen molar-refractivity contribution in [1.82, 2.24) is 15.2 Å². The van der Waals surface area contributed by atoms with E-state index < -0.39 is 6.23 Å². The van der Waals surface area contributed by atoms with Crippen molar-refractivity contribution in [3.8, 4) is 17.1 Å². The van der Waals surface area contributed by atoms with Crippen LogP contribution in [-0.4, -0.2) is 27.3 Å². The molecular formula is C17H14N4O2S2. The highest BCUT2D eigenvalue weighted by atomic mass is 32.2. The van der Waals surface area contributed by atoms with Crippen molar-refractivity contribution in [1.29, 1.82) is 0 Å². The summed E-state index contributed by atoms with van der Waals surface area (Å²) >= 11 is 2.95. The fraction of sp³-hybridized carbons (Fsp3) is 0.176. The molecule has 0 saturated carbocycles. The number of thioether (sulfide) groups is 1. The smallest absolute Gasteiger partial charge is 0.247 e. The van der Waals surface area contributed by atoms with Gasteiger partial charge in [0.05, 0.1) is 5.69 Å². The molecule has 8 heteroatoms. The van der Waals surface area contributed by atoms with Crippen LogP contribution in [0.4, 0.5) is 5.69 Å². The number of anilines is 1. The normalized spacial score (nSPS) is 15.8. The lowest BCUT2D eigenvalue weighted by atomic mass is 10.1. The third-order valence-electron chi connectivity index (χ3n) is 3.86. The zero-order chi connectivity index (χ0) is 17.4. The molecule has 0 aliphatic carbocycles. The first-order valence-corrected chi connectivity index (χ1v) is 9.72. The Labute approximate surface area is 152 Å². The molecule has 1 aliphatic rings. The number of amides is 1. The summed E-state index contributed by atoms with van der Waals surface area (Å²) in [4.78, 5) is 18.6. The fourth-order valence-corrected chi connectivity index (χ4v) is 3.73. The van der Waals surface area contributed by atoms with Crippen LogP contribution in [0, 0.1) is 0 Å². The van der Waals surface area contributed by atoms with Crippen LogP contribution in [0.1, 0.15) is 18.7 Å². The van der Waals surface area contributed by atoms with Gasteiger partial charge in [-0.15, -0.1) is 10.2 Å². The lowest BCUT2D eigenvalue weighted by Crippen LogP contribution is -2.35. The Morgan fingerprint density at radius 1 is 1.28 bits per heavy atom. The van der Waals surface area contributed by atoms with Gasteiger partial charge in [-0.25, -0.2) is 0 Å². The molecule has 1 amide bonds. The highest BCUT2D eigenvalue weighted by Crippen LogP contribution is 2.43. The van der Waals surface area contributed by atoms with Crippen molar-refractivity contribution >= 4 is 34.7 Å². The van der Waals surface area contributed by atoms with Gasteiger partial charge in [0, 0.05) is 18.1 Å². The summed E-state index contributed by atoms with van der Waals surface area (Å²) in [7, 11) is 0. The van der Waals surface area contributed by atoms with Crippen LogP contribution < -0.4 is 9.64 Å². The van der Waals surface area contributed by atoms with Gasteiger partial charge in [-0.2, -0.15) is 16.3 Å². The molecule has 0 fully saturated rings. The third-order valence-corrected chi connectivity index (χ3v) is 5.10. The first kappa shape index (κ1) is 16.0. The van der Waals surface area contributed by atoms with Gasteiger partial charge in [-0.05, 0) is 29.1 Å². The van der Waals surface area contributed by atoms with E-state index in [0.717, 1.165) is 16.8 Å². The van der Waals surface area contributed by atoms with Crippen LogP contribution in [0.5, 0.6) is 5.88 Å². The highest BCUT2D eigenvalue weighted by molar-refractivity contribution is 7.98. The molecule has 25 heavy (non-hydrogen) atoms. The standard InChI is InChI=1S/C17H14N4O2S2/c1-10(22)21-13-6-4-3-5-12(13)14-15(18-17(24-2)20-19-14)23-16(21)11-7-8-25-9-11/h3-9,16H,1-2H3/t16-/m0/s1. The van der Waals surface area contributed by atoms with E-state index in [4.69, 9.17) is 4.74 Å². The molecule has 1 aromatic carbocycles. The van der Waals surface area contributed by atoms with E-state index in [1.54, 1.807) is 16.2 Å². The average Bonchev–Trinajstić information content (AvgIpc) is 3.11. The topological polar surface area (TPSA) is 68.2 Å². The number of aromatic nitrogens is 3. The fourth-order valence-electron chi connectivity index (χ4n) is 2.77. The first-order valence-electron chi connectivity index (χ1n) is 7.55. The van der Waals surface area contributed by atoms with Crippen molar-refractivity contribution < 1.29 is 9.53 Å². The summed E-state index contributed by atoms with van der Waals surface area (Å²) in [5.74, 6) is 0.265. The molecule has 2 aromatic heterocycles. The number of benzene rings is 1. The maximum atomic E-state index is 12.5. The quantitative estimate of drug-likeness (QED) is 0.640. The molecule has 0 radical (unpaired) electrons. The Kier molecular flexibility index (Phi) is 4.14. The molecule has 0 saturated heterocycles. The number of nitrogens with zero attached hydrogens (tertiary/aromatic N) is 4. The van der Waals surface area contributed by atoms with Gasteiger partial charge in [0.25, 0.3) is 0 Å². The van der Waals surface area contributed by atoms with E-state index in [1.165, 1.54) is 18.7 Å². The van der Waals surface area contributed by atoms with Gasteiger partial charge in [0.15, 0.2) is 5.69 Å². The minimum atomic E-state index is -0.599. The van der Waals surface area contributed by atoms with Gasteiger partial charge in [0.2, 0.25) is 23.2 Å². The summed E-state index contributed by atoms with van der Waals surface area (Å²) in [5.41, 5.74) is 2.94. The Hall–Kier alpha value is -2.45. The summed E-state index contributed by atoms with van der Waals surface area (Å²) < 4.78 is 6.19. The molecule has 0 bridgehead atoms. The lowest BCUT2D eigenvalue weighted by molar-refractivity contribution is -0.118. The number of hydrogen-bond acceptors (Lipinski definition) is 7. The van der Waals surface area contributed by atoms with Gasteiger partial charge < -0.3 is 4.74 Å². The van der Waals surface area contributed by atoms with Crippen molar-refractivity contribution in [3.05, 3.63) is 46.7 Å². The van der Waals surface area contributed by atoms with Gasteiger partial charge in [-0.3, -0.25) is 9.69 Å². The number of rotatable bonds is 2. The predicted octanol–water partition coefficient (Wildman–Crippen LogP) is 3.77. The van der Waals surface area contributed by atoms with Crippen LogP contribution in [0.2, 0.25) is 0 Å². The van der Waals surface area contributed by atoms with Crippen LogP contribution in [0.15, 0.2) is 46.2 Å². The lowest BCUT2D eigenvalue weighted by Gasteiger charge is -2.29. The summed E-state index contributed by atoms with van der Waals surface area (Å²) in [5, 5.41) is 12.9. The number of thiophene rings is 1. The molecule has 126 valence electrons. The van der Waals surface area contributed by atoms with E-state index in [9.17, 15) is 4.79 Å². The molecular weight excluding hydrogens is 356 g/mol. The summed E-state index contributed by atoms with van der Waals surface area (Å²) in [6, 6.07) is 9.53. The van der Waals surface area contributed by atoms with E-state index in [2.05, 4.69) is 15.2 Å². The average molecular weight is 370 g/mol. The van der Waals surface area contributed by atoms with Gasteiger partial charge in [-0.1, -0.05) is 30.0 Å². The SMILES string of the molecule is CSc1nnc2c(n1)O[C@@H](c1ccsc1)N(C(C)=O)c1ccccc1-2. The second-order valence-electron chi connectivity index (χ2n) is 5.39. The van der Waals surface area contributed by atoms with Gasteiger partial charge in [0.1, 0.15) is 0 Å². The van der Waals surface area contributed by atoms with Crippen molar-refractivity contribution in [2.24, 2.45) is 0 Å². The number of hydrogen-bond donors (Lipinski definition) is 0. The zero-order valence-corrected chi connectivity index (χ0v) is 15.2. The number of fused-ring (bicyclic) bond motifs is 3. The van der Waals surface area contributed by atoms with E-state index in [1.807, 2.05) is 47.3 Å². The largest absolute Gasteiger partial charge is 0.447 e. The maximum Gasteiger partial charge on any atom is 0.247 e. The molecule has 4 rings (SSSR count). The summed E-state index contributed by atoms with van der Waals surface area (Å²) in [6.07, 6.45) is 1.28. The minimum Gasteiger partial charge on any atom is -0.447 e. The van der Waals surface area contributed by atoms with E-state index in [-0.39, 0.29) is 5.91 Å².